The number of nitrogens with zero attached hydrogens (tertiary/aromatic N) is 1. The normalized spacial score (nSPS) is 11.5. The Morgan fingerprint density at radius 2 is 0.977 bits per heavy atom. The molecule has 0 aliphatic heterocycles. The largest absolute Gasteiger partial charge is 0.306 e. The third-order valence-electron chi connectivity index (χ3n) is 10.6. The molecule has 14 heteroatoms. The first-order chi connectivity index (χ1) is 39.3. The average molecular weight is 1230 g/mol. The lowest BCUT2D eigenvalue weighted by atomic mass is 9.90. The Bertz CT molecular complexity index is 2370. The first-order valence-electron chi connectivity index (χ1n) is 29.9. The average Bonchev–Trinajstić information content (AvgIpc) is 3.96. The standard InChI is InChI=1S/C9H17NO.C9H14O.C8H12O.2C7H12O.C7H10O.C6H9FO.C6H10O.C6H8O.C5H10O2S.C2H6/c1-8(2)9(11)6-5-7-10(3)4;1-7(2)9(10)8-5-3-4-6-8;1-6(2)8(9)7-4-3-5-7;1-5(2)7(8)6(3)4;2*1-4-5-7(8)6(2)3;1-4(2)6(8)5(3)7;2*1-4-6(7)5(2)3;1-4-8(6,7)5(2)3;1-2/h5-6,8H,7H2,1-4H3;5,7H,3-4,6H2,1-2H3;4,6H,3,5H2,1-2H3;6H,1H2,2-4H3;4-6H,1-3H3;6H,1-3H3;4H,3H2,1-2H3;4-5H,1H2,2-3H3;1,5H,2-3H3;4-5H,1H2,2-3H3;1-2H3/b6-5+;;;;5-4+;;;;;;. The number of hydrogen-bond acceptors (Lipinski definition) is 12. The minimum absolute atomic E-state index is 0.00926. The van der Waals surface area contributed by atoms with Gasteiger partial charge in [-0.25, -0.2) is 12.8 Å². The highest BCUT2D eigenvalue weighted by molar-refractivity contribution is 7.94. The van der Waals surface area contributed by atoms with Crippen molar-refractivity contribution in [3.63, 3.8) is 0 Å². The van der Waals surface area contributed by atoms with Crippen LogP contribution in [0.2, 0.25) is 0 Å². The molecule has 0 saturated heterocycles. The van der Waals surface area contributed by atoms with Crippen LogP contribution in [0.25, 0.3) is 0 Å². The fraction of sp³-hybridized carbons (Fsp3) is 0.597. The second-order valence-corrected chi connectivity index (χ2v) is 25.0. The lowest BCUT2D eigenvalue weighted by molar-refractivity contribution is -0.120. The SMILES string of the molecule is C#CC(=O)C(C)C.C/C=C/C(=O)C(C)C.C=C(C)C(=O)C(C)C.C=C(F)C(=O)C(C)C.C=CC(=O)C(C)C.C=CS(=O)(=O)C(C)C.CC.CC#CC(=O)C(C)C.CC(C)C(=O)/C=C/CN(C)C.CC(C)C(=O)C1=CCC1.CC(C)C(=O)C1=CCCC1. The topological polar surface area (TPSA) is 191 Å². The summed E-state index contributed by atoms with van der Waals surface area (Å²) in [5.74, 6) is 7.55. The Kier molecular flexibility index (Phi) is 69.7. The molecule has 2 aliphatic rings. The van der Waals surface area contributed by atoms with Crippen LogP contribution in [-0.2, 0) is 53.0 Å². The summed E-state index contributed by atoms with van der Waals surface area (Å²) in [7, 11) is 0.981. The maximum Gasteiger partial charge on any atom is 0.207 e. The molecule has 2 aliphatic carbocycles. The van der Waals surface area contributed by atoms with Gasteiger partial charge in [0, 0.05) is 65.2 Å². The number of carbonyl (C=O) groups is 9. The van der Waals surface area contributed by atoms with Crippen LogP contribution in [0.5, 0.6) is 0 Å². The molecule has 0 radical (unpaired) electrons. The van der Waals surface area contributed by atoms with Gasteiger partial charge in [0.2, 0.25) is 11.6 Å². The molecular weight excluding hydrogens is 1110 g/mol. The first kappa shape index (κ1) is 99.0. The molecule has 0 N–H and O–H groups in total. The van der Waals surface area contributed by atoms with E-state index in [1.807, 2.05) is 155 Å². The maximum absolute atomic E-state index is 11.8. The predicted octanol–water partition coefficient (Wildman–Crippen LogP) is 16.3. The van der Waals surface area contributed by atoms with Crippen LogP contribution in [0.15, 0.2) is 96.8 Å². The minimum Gasteiger partial charge on any atom is -0.306 e. The van der Waals surface area contributed by atoms with Crippen molar-refractivity contribution in [3.05, 3.63) is 96.8 Å². The fourth-order valence-electron chi connectivity index (χ4n) is 4.75. The van der Waals surface area contributed by atoms with Gasteiger partial charge in [-0.15, -0.1) is 6.42 Å². The molecule has 0 aromatic rings. The Morgan fingerprint density at radius 1 is 0.593 bits per heavy atom. The summed E-state index contributed by atoms with van der Waals surface area (Å²) in [4.78, 5) is 98.4. The Balaban J connectivity index is -0.000000109. The van der Waals surface area contributed by atoms with Crippen molar-refractivity contribution in [2.75, 3.05) is 20.6 Å². The van der Waals surface area contributed by atoms with Gasteiger partial charge < -0.3 is 4.90 Å². The van der Waals surface area contributed by atoms with E-state index in [9.17, 15) is 56.0 Å². The number of carbonyl (C=O) groups excluding carboxylic acids is 9. The second kappa shape index (κ2) is 60.6. The van der Waals surface area contributed by atoms with E-state index >= 15 is 0 Å². The van der Waals surface area contributed by atoms with Gasteiger partial charge in [0.1, 0.15) is 0 Å². The van der Waals surface area contributed by atoms with E-state index < -0.39 is 21.4 Å². The van der Waals surface area contributed by atoms with Crippen molar-refractivity contribution in [2.45, 2.75) is 210 Å². The number of rotatable bonds is 20. The molecule has 12 nitrogen and oxygen atoms in total. The number of likely N-dealkylation sites (N-methyl/N-ethyl adjacent to an activating group) is 1. The Morgan fingerprint density at radius 3 is 1.10 bits per heavy atom. The number of halogens is 1. The zero-order valence-corrected chi connectivity index (χ0v) is 59.6. The highest BCUT2D eigenvalue weighted by Crippen LogP contribution is 2.22. The highest BCUT2D eigenvalue weighted by Gasteiger charge is 2.17. The third kappa shape index (κ3) is 65.5. The molecular formula is C72H120FNO11S. The summed E-state index contributed by atoms with van der Waals surface area (Å²) in [5.41, 5.74) is 2.76. The minimum atomic E-state index is -2.97. The van der Waals surface area contributed by atoms with E-state index in [2.05, 4.69) is 44.2 Å². The second-order valence-electron chi connectivity index (χ2n) is 22.6. The van der Waals surface area contributed by atoms with Gasteiger partial charge in [-0.05, 0) is 128 Å². The Hall–Kier alpha value is -6.09. The smallest absolute Gasteiger partial charge is 0.207 e. The van der Waals surface area contributed by atoms with E-state index in [0.29, 0.717) is 17.1 Å². The van der Waals surface area contributed by atoms with Gasteiger partial charge in [-0.2, -0.15) is 0 Å². The van der Waals surface area contributed by atoms with Crippen LogP contribution in [0.3, 0.4) is 0 Å². The molecule has 0 amide bonds. The van der Waals surface area contributed by atoms with Crippen LogP contribution in [0.1, 0.15) is 205 Å². The number of Topliss-reactive ketones (excluding diaryl/α,β-unsaturated/α-hetero) is 6. The molecule has 0 spiro atoms. The summed E-state index contributed by atoms with van der Waals surface area (Å²) in [6.45, 7) is 59.6. The van der Waals surface area contributed by atoms with Crippen molar-refractivity contribution in [3.8, 4) is 24.2 Å². The molecule has 0 fully saturated rings. The number of terminal acetylenes is 1. The molecule has 0 atom stereocenters. The lowest BCUT2D eigenvalue weighted by Gasteiger charge is -2.14. The van der Waals surface area contributed by atoms with E-state index in [4.69, 9.17) is 6.42 Å². The van der Waals surface area contributed by atoms with Crippen LogP contribution in [-0.4, -0.2) is 91.3 Å². The number of ketones is 9. The fourth-order valence-corrected chi connectivity index (χ4v) is 5.13. The van der Waals surface area contributed by atoms with Crippen molar-refractivity contribution >= 4 is 61.9 Å². The predicted molar refractivity (Wildman–Crippen MR) is 364 cm³/mol. The molecule has 0 aromatic carbocycles. The van der Waals surface area contributed by atoms with Gasteiger partial charge in [0.15, 0.2) is 56.1 Å². The van der Waals surface area contributed by atoms with Gasteiger partial charge in [0.05, 0.1) is 5.25 Å². The molecule has 492 valence electrons. The van der Waals surface area contributed by atoms with E-state index in [1.54, 1.807) is 73.6 Å². The summed E-state index contributed by atoms with van der Waals surface area (Å²) in [6, 6.07) is 0. The molecule has 0 unspecified atom stereocenters. The molecule has 2 rings (SSSR count). The van der Waals surface area contributed by atoms with Gasteiger partial charge >= 0.3 is 0 Å². The molecule has 0 bridgehead atoms. The summed E-state index contributed by atoms with van der Waals surface area (Å²) in [6.07, 6.45) is 22.6. The maximum atomic E-state index is 11.8. The number of allylic oxidation sites excluding steroid dienone is 10. The molecule has 0 aromatic heterocycles. The first-order valence-corrected chi connectivity index (χ1v) is 31.5. The van der Waals surface area contributed by atoms with E-state index in [1.165, 1.54) is 12.5 Å². The van der Waals surface area contributed by atoms with Gasteiger partial charge in [-0.1, -0.05) is 195 Å². The molecule has 0 saturated carbocycles. The van der Waals surface area contributed by atoms with Crippen molar-refractivity contribution in [1.82, 2.24) is 4.90 Å². The lowest BCUT2D eigenvalue weighted by Crippen LogP contribution is -2.13. The summed E-state index contributed by atoms with van der Waals surface area (Å²) < 4.78 is 33.0. The van der Waals surface area contributed by atoms with Crippen LogP contribution in [0.4, 0.5) is 4.39 Å². The van der Waals surface area contributed by atoms with E-state index in [-0.39, 0.29) is 93.2 Å². The monoisotopic (exact) mass is 1230 g/mol. The Labute approximate surface area is 525 Å². The summed E-state index contributed by atoms with van der Waals surface area (Å²) in [5, 5.41) is 0.650. The molecule has 0 heterocycles. The quantitative estimate of drug-likeness (QED) is 0.0638. The van der Waals surface area contributed by atoms with Crippen LogP contribution in [0, 0.1) is 77.4 Å². The third-order valence-corrected chi connectivity index (χ3v) is 12.4. The molecule has 86 heavy (non-hydrogen) atoms. The van der Waals surface area contributed by atoms with E-state index in [0.717, 1.165) is 48.8 Å². The van der Waals surface area contributed by atoms with Crippen LogP contribution < -0.4 is 0 Å². The van der Waals surface area contributed by atoms with Gasteiger partial charge in [0.25, 0.3) is 0 Å². The summed E-state index contributed by atoms with van der Waals surface area (Å²) >= 11 is 0. The highest BCUT2D eigenvalue weighted by atomic mass is 32.2. The van der Waals surface area contributed by atoms with Gasteiger partial charge in [-0.3, -0.25) is 43.2 Å². The van der Waals surface area contributed by atoms with Crippen molar-refractivity contribution in [1.29, 1.82) is 0 Å². The van der Waals surface area contributed by atoms with Crippen LogP contribution >= 0.6 is 0 Å². The number of sulfone groups is 1. The van der Waals surface area contributed by atoms with Crippen molar-refractivity contribution < 1.29 is 56.0 Å². The zero-order valence-electron chi connectivity index (χ0n) is 58.8. The number of hydrogen-bond donors (Lipinski definition) is 0. The van der Waals surface area contributed by atoms with Crippen molar-refractivity contribution in [2.24, 2.45) is 53.3 Å². The zero-order chi connectivity index (χ0) is 70.4.